The molecule has 0 radical (unpaired) electrons. The Bertz CT molecular complexity index is 1830. The van der Waals surface area contributed by atoms with Gasteiger partial charge in [-0.05, 0) is 47.6 Å². The van der Waals surface area contributed by atoms with Crippen molar-refractivity contribution in [3.63, 3.8) is 0 Å². The number of aryl methyl sites for hydroxylation is 2. The van der Waals surface area contributed by atoms with E-state index in [0.717, 1.165) is 0 Å². The Morgan fingerprint density at radius 1 is 0.638 bits per heavy atom. The molecule has 47 heavy (non-hydrogen) atoms. The number of aliphatic hydroxyl groups excluding tert-OH is 1. The van der Waals surface area contributed by atoms with Crippen molar-refractivity contribution in [2.24, 2.45) is 0 Å². The van der Waals surface area contributed by atoms with Crippen LogP contribution in [0.15, 0.2) is 12.1 Å². The van der Waals surface area contributed by atoms with E-state index in [0.29, 0.717) is 45.6 Å². The number of aliphatic carboxylic acids is 2. The van der Waals surface area contributed by atoms with Gasteiger partial charge in [-0.3, -0.25) is 14.4 Å². The summed E-state index contributed by atoms with van der Waals surface area (Å²) in [6, 6.07) is 3.31. The lowest BCUT2D eigenvalue weighted by atomic mass is 9.83. The topological polar surface area (TPSA) is 250 Å². The number of aldehydes is 2. The fraction of sp³-hybridized carbons (Fsp3) is 0.294. The maximum absolute atomic E-state index is 12.0. The van der Waals surface area contributed by atoms with Gasteiger partial charge < -0.3 is 46.0 Å². The van der Waals surface area contributed by atoms with Gasteiger partial charge >= 0.3 is 11.9 Å². The molecule has 0 bridgehead atoms. The van der Waals surface area contributed by atoms with Crippen molar-refractivity contribution in [2.45, 2.75) is 65.9 Å². The lowest BCUT2D eigenvalue weighted by molar-refractivity contribution is -0.152. The first-order chi connectivity index (χ1) is 21.8. The maximum atomic E-state index is 12.0. The smallest absolute Gasteiger partial charge is 0.333 e. The first-order valence-electron chi connectivity index (χ1n) is 14.3. The molecule has 4 aromatic rings. The van der Waals surface area contributed by atoms with E-state index in [4.69, 9.17) is 15.3 Å². The van der Waals surface area contributed by atoms with Crippen LogP contribution < -0.4 is 0 Å². The Labute approximate surface area is 268 Å². The molecule has 4 aromatic carbocycles. The summed E-state index contributed by atoms with van der Waals surface area (Å²) >= 11 is 0. The summed E-state index contributed by atoms with van der Waals surface area (Å²) in [5, 5.41) is 90.5. The summed E-state index contributed by atoms with van der Waals surface area (Å²) in [6.45, 7) is 10.5. The zero-order chi connectivity index (χ0) is 35.8. The minimum atomic E-state index is -1.79. The quantitative estimate of drug-likeness (QED) is 0.0868. The van der Waals surface area contributed by atoms with Gasteiger partial charge in [0.05, 0.1) is 17.5 Å². The Morgan fingerprint density at radius 2 is 0.979 bits per heavy atom. The monoisotopic (exact) mass is 652 g/mol. The number of aliphatic hydroxyl groups is 1. The number of carboxylic acid groups (broad SMARTS) is 2. The average Bonchev–Trinajstić information content (AvgIpc) is 2.96. The van der Waals surface area contributed by atoms with Gasteiger partial charge in [-0.1, -0.05) is 39.8 Å². The molecule has 0 aliphatic rings. The van der Waals surface area contributed by atoms with Crippen LogP contribution in [0.25, 0.3) is 32.7 Å². The van der Waals surface area contributed by atoms with Gasteiger partial charge in [-0.2, -0.15) is 0 Å². The third kappa shape index (κ3) is 6.17. The van der Waals surface area contributed by atoms with E-state index in [-0.39, 0.29) is 44.9 Å². The average molecular weight is 653 g/mol. The minimum Gasteiger partial charge on any atom is -0.507 e. The lowest BCUT2D eigenvalue weighted by Crippen LogP contribution is -2.22. The van der Waals surface area contributed by atoms with E-state index in [1.54, 1.807) is 53.7 Å². The largest absolute Gasteiger partial charge is 0.507 e. The number of phenols is 6. The lowest BCUT2D eigenvalue weighted by Gasteiger charge is -2.23. The molecule has 9 N–H and O–H groups in total. The summed E-state index contributed by atoms with van der Waals surface area (Å²) in [5.74, 6) is -6.42. The molecule has 1 atom stereocenters. The Kier molecular flexibility index (Phi) is 10.3. The van der Waals surface area contributed by atoms with Crippen molar-refractivity contribution in [3.05, 3.63) is 45.5 Å². The number of hydrogen-bond acceptors (Lipinski definition) is 11. The highest BCUT2D eigenvalue weighted by atomic mass is 16.4. The molecule has 250 valence electrons. The first-order valence-corrected chi connectivity index (χ1v) is 14.3. The number of carbonyl (C=O) groups is 4. The molecule has 4 rings (SSSR count). The highest BCUT2D eigenvalue weighted by Crippen LogP contribution is 2.54. The highest BCUT2D eigenvalue weighted by Gasteiger charge is 2.29. The summed E-state index contributed by atoms with van der Waals surface area (Å²) in [7, 11) is 0. The zero-order valence-electron chi connectivity index (χ0n) is 26.4. The molecule has 0 fully saturated rings. The molecule has 0 amide bonds. The number of carboxylic acids is 2. The number of carbonyl (C=O) groups excluding carboxylic acids is 2. The molecule has 0 saturated heterocycles. The second-order valence-corrected chi connectivity index (χ2v) is 11.7. The van der Waals surface area contributed by atoms with E-state index in [1.807, 2.05) is 0 Å². The van der Waals surface area contributed by atoms with Crippen molar-refractivity contribution in [1.82, 2.24) is 0 Å². The Hall–Kier alpha value is -5.56. The number of rotatable bonds is 8. The van der Waals surface area contributed by atoms with Gasteiger partial charge in [0, 0.05) is 33.0 Å². The van der Waals surface area contributed by atoms with E-state index >= 15 is 0 Å². The second-order valence-electron chi connectivity index (χ2n) is 11.7. The van der Waals surface area contributed by atoms with Crippen LogP contribution in [0.3, 0.4) is 0 Å². The fourth-order valence-electron chi connectivity index (χ4n) is 5.85. The summed E-state index contributed by atoms with van der Waals surface area (Å²) < 4.78 is 0. The molecule has 0 spiro atoms. The minimum absolute atomic E-state index is 0.00512. The van der Waals surface area contributed by atoms with Crippen LogP contribution in [-0.2, 0) is 9.59 Å². The van der Waals surface area contributed by atoms with E-state index in [1.165, 1.54) is 0 Å². The Balaban J connectivity index is 0.000000584. The van der Waals surface area contributed by atoms with Gasteiger partial charge in [0.15, 0.2) is 41.7 Å². The second kappa shape index (κ2) is 13.4. The summed E-state index contributed by atoms with van der Waals surface area (Å²) in [6.07, 6.45) is -1.86. The van der Waals surface area contributed by atoms with Crippen molar-refractivity contribution >= 4 is 46.1 Å². The molecule has 13 nitrogen and oxygen atoms in total. The van der Waals surface area contributed by atoms with E-state index < -0.39 is 59.0 Å². The predicted molar refractivity (Wildman–Crippen MR) is 171 cm³/mol. The van der Waals surface area contributed by atoms with Crippen molar-refractivity contribution in [2.75, 3.05) is 0 Å². The molecule has 0 aromatic heterocycles. The Morgan fingerprint density at radius 3 is 1.21 bits per heavy atom. The van der Waals surface area contributed by atoms with Crippen LogP contribution in [0.5, 0.6) is 34.5 Å². The van der Waals surface area contributed by atoms with Crippen molar-refractivity contribution < 1.29 is 65.1 Å². The molecular formula is C34H36O13. The van der Waals surface area contributed by atoms with Gasteiger partial charge in [-0.25, -0.2) is 4.79 Å². The van der Waals surface area contributed by atoms with Crippen LogP contribution >= 0.6 is 0 Å². The first kappa shape index (κ1) is 35.9. The number of aromatic hydroxyl groups is 6. The third-order valence-corrected chi connectivity index (χ3v) is 7.88. The fourth-order valence-corrected chi connectivity index (χ4v) is 5.85. The normalized spacial score (nSPS) is 11.9. The number of phenolic OH excluding ortho intramolecular Hbond substituents is 6. The number of hydrogen-bond donors (Lipinski definition) is 9. The van der Waals surface area contributed by atoms with Crippen molar-refractivity contribution in [1.29, 1.82) is 0 Å². The van der Waals surface area contributed by atoms with Crippen LogP contribution in [-0.4, -0.2) is 76.6 Å². The molecule has 0 saturated carbocycles. The van der Waals surface area contributed by atoms with Crippen molar-refractivity contribution in [3.8, 4) is 45.6 Å². The van der Waals surface area contributed by atoms with Crippen LogP contribution in [0.2, 0.25) is 0 Å². The van der Waals surface area contributed by atoms with E-state index in [9.17, 15) is 49.8 Å². The predicted octanol–water partition coefficient (Wildman–Crippen LogP) is 5.29. The third-order valence-electron chi connectivity index (χ3n) is 7.88. The molecule has 0 aliphatic heterocycles. The number of fused-ring (bicyclic) bond motifs is 2. The molecule has 0 aliphatic carbocycles. The van der Waals surface area contributed by atoms with Gasteiger partial charge in [0.25, 0.3) is 0 Å². The molecule has 0 heterocycles. The van der Waals surface area contributed by atoms with Crippen LogP contribution in [0.1, 0.15) is 88.9 Å². The van der Waals surface area contributed by atoms with Crippen LogP contribution in [0.4, 0.5) is 0 Å². The highest BCUT2D eigenvalue weighted by molar-refractivity contribution is 6.14. The zero-order valence-corrected chi connectivity index (χ0v) is 26.4. The molecular weight excluding hydrogens is 616 g/mol. The summed E-state index contributed by atoms with van der Waals surface area (Å²) in [4.78, 5) is 43.4. The SMILES string of the molecule is Cc1cc2c(C(C)C)c(O)c(O)c(C=O)c2c(O)c1-c1c(C)cc2c(C(C)C)c(O)c(O)c(C=O)c2c1O.O=C(O)CC(O)C(=O)O. The molecule has 13 heteroatoms. The van der Waals surface area contributed by atoms with Crippen LogP contribution in [0, 0.1) is 13.8 Å². The number of benzene rings is 4. The van der Waals surface area contributed by atoms with Gasteiger partial charge in [-0.15, -0.1) is 0 Å². The standard InChI is InChI=1S/C30H30O8.C4H6O5/c1-11(2)19-15-7-13(5)21(27(35)23(15)17(9-31)25(33)29(19)37)22-14(6)8-16-20(12(3)4)30(38)26(34)18(10-32)24(16)28(22)36;5-2(4(8)9)1-3(6)7/h7-12,33-38H,1-6H3;2,5H,1H2,(H,6,7)(H,8,9). The van der Waals surface area contributed by atoms with E-state index in [2.05, 4.69) is 0 Å². The molecule has 1 unspecified atom stereocenters. The van der Waals surface area contributed by atoms with Gasteiger partial charge in [0.2, 0.25) is 0 Å². The maximum Gasteiger partial charge on any atom is 0.333 e. The summed E-state index contributed by atoms with van der Waals surface area (Å²) in [5.41, 5.74) is 1.33. The van der Waals surface area contributed by atoms with Gasteiger partial charge in [0.1, 0.15) is 11.5 Å².